The Morgan fingerprint density at radius 3 is 2.81 bits per heavy atom. The number of rotatable bonds is 4. The van der Waals surface area contributed by atoms with Crippen LogP contribution in [0.1, 0.15) is 25.6 Å². The molecule has 5 heterocycles. The summed E-state index contributed by atoms with van der Waals surface area (Å²) in [7, 11) is 0. The molecular weight excluding hydrogens is 405 g/mol. The first kappa shape index (κ1) is 18.9. The number of aromatic nitrogens is 4. The summed E-state index contributed by atoms with van der Waals surface area (Å²) in [6.07, 6.45) is 1.05. The van der Waals surface area contributed by atoms with Crippen molar-refractivity contribution in [2.24, 2.45) is 0 Å². The molecule has 2 fully saturated rings. The second-order valence-corrected chi connectivity index (χ2v) is 8.40. The molecule has 2 aromatic heterocycles. The van der Waals surface area contributed by atoms with Crippen LogP contribution in [0, 0.1) is 5.82 Å². The van der Waals surface area contributed by atoms with E-state index < -0.39 is 12.0 Å². The second-order valence-electron chi connectivity index (χ2n) is 8.40. The maximum absolute atomic E-state index is 13.1. The van der Waals surface area contributed by atoms with Gasteiger partial charge >= 0.3 is 6.01 Å². The summed E-state index contributed by atoms with van der Waals surface area (Å²) in [4.78, 5) is 13.5. The van der Waals surface area contributed by atoms with Gasteiger partial charge in [-0.1, -0.05) is 12.1 Å². The third kappa shape index (κ3) is 3.13. The van der Waals surface area contributed by atoms with Crippen molar-refractivity contribution in [2.75, 3.05) is 18.5 Å². The number of hydrogen-bond acceptors (Lipinski definition) is 8. The lowest BCUT2D eigenvalue weighted by atomic mass is 10.1. The zero-order chi connectivity index (χ0) is 21.2. The Morgan fingerprint density at radius 1 is 1.16 bits per heavy atom. The van der Waals surface area contributed by atoms with Gasteiger partial charge in [0.25, 0.3) is 0 Å². The highest BCUT2D eigenvalue weighted by atomic mass is 19.1. The van der Waals surface area contributed by atoms with Crippen molar-refractivity contribution < 1.29 is 23.3 Å². The predicted octanol–water partition coefficient (Wildman–Crippen LogP) is 2.43. The number of imidazole rings is 1. The van der Waals surface area contributed by atoms with Gasteiger partial charge in [-0.25, -0.2) is 18.9 Å². The van der Waals surface area contributed by atoms with Crippen molar-refractivity contribution in [3.05, 3.63) is 42.0 Å². The molecule has 10 heteroatoms. The van der Waals surface area contributed by atoms with Gasteiger partial charge in [0.1, 0.15) is 37.1 Å². The number of hydrogen-bond donors (Lipinski definition) is 1. The number of anilines is 1. The summed E-state index contributed by atoms with van der Waals surface area (Å²) < 4.78 is 39.2. The minimum Gasteiger partial charge on any atom is -0.462 e. The van der Waals surface area contributed by atoms with Gasteiger partial charge < -0.3 is 24.3 Å². The summed E-state index contributed by atoms with van der Waals surface area (Å²) >= 11 is 0. The van der Waals surface area contributed by atoms with Crippen LogP contribution in [-0.2, 0) is 20.6 Å². The van der Waals surface area contributed by atoms with E-state index in [2.05, 4.69) is 20.3 Å². The smallest absolute Gasteiger partial charge is 0.301 e. The molecule has 6 rings (SSSR count). The highest BCUT2D eigenvalue weighted by Gasteiger charge is 2.58. The molecule has 1 aromatic carbocycles. The first-order valence-electron chi connectivity index (χ1n) is 10.3. The number of ether oxygens (including phenoxy) is 4. The summed E-state index contributed by atoms with van der Waals surface area (Å²) in [5.41, 5.74) is 2.23. The minimum absolute atomic E-state index is 0.208. The van der Waals surface area contributed by atoms with Gasteiger partial charge in [-0.2, -0.15) is 4.98 Å². The standard InChI is InChI=1S/C21H22FN5O4/c1-21(2)30-15-13-9-28-20-26-14-17(23-8-7-11-3-5-12(22)6-4-11)24-10-25-18(14)27(20)19(29-13)16(15)31-21/h3-6,10,13,15-16,19H,7-9H2,1-2H3,(H,23,24,25)/t13-,15-,16-,19-/m1/s1. The van der Waals surface area contributed by atoms with Crippen LogP contribution in [0.3, 0.4) is 0 Å². The van der Waals surface area contributed by atoms with Crippen LogP contribution in [-0.4, -0.2) is 56.8 Å². The lowest BCUT2D eigenvalue weighted by Crippen LogP contribution is -2.34. The first-order valence-corrected chi connectivity index (χ1v) is 10.3. The summed E-state index contributed by atoms with van der Waals surface area (Å²) in [6.45, 7) is 4.73. The zero-order valence-electron chi connectivity index (χ0n) is 17.1. The molecule has 2 saturated heterocycles. The van der Waals surface area contributed by atoms with Gasteiger partial charge in [-0.3, -0.25) is 0 Å². The summed E-state index contributed by atoms with van der Waals surface area (Å²) in [5, 5.41) is 3.31. The van der Waals surface area contributed by atoms with Crippen LogP contribution >= 0.6 is 0 Å². The third-order valence-electron chi connectivity index (χ3n) is 5.82. The van der Waals surface area contributed by atoms with E-state index in [0.717, 1.165) is 5.56 Å². The van der Waals surface area contributed by atoms with Gasteiger partial charge in [0.05, 0.1) is 0 Å². The van der Waals surface area contributed by atoms with E-state index in [4.69, 9.17) is 18.9 Å². The Morgan fingerprint density at radius 2 is 1.97 bits per heavy atom. The fourth-order valence-corrected chi connectivity index (χ4v) is 4.48. The van der Waals surface area contributed by atoms with Gasteiger partial charge in [0.2, 0.25) is 0 Å². The molecular formula is C21H22FN5O4. The quantitative estimate of drug-likeness (QED) is 0.679. The topological polar surface area (TPSA) is 92.5 Å². The van der Waals surface area contributed by atoms with Crippen molar-refractivity contribution in [1.29, 1.82) is 0 Å². The van der Waals surface area contributed by atoms with Crippen molar-refractivity contribution in [3.8, 4) is 6.01 Å². The largest absolute Gasteiger partial charge is 0.462 e. The Balaban J connectivity index is 1.29. The van der Waals surface area contributed by atoms with E-state index in [-0.39, 0.29) is 24.1 Å². The third-order valence-corrected chi connectivity index (χ3v) is 5.82. The molecule has 0 unspecified atom stereocenters. The molecule has 0 saturated carbocycles. The molecule has 31 heavy (non-hydrogen) atoms. The van der Waals surface area contributed by atoms with E-state index in [1.165, 1.54) is 18.5 Å². The number of fused-ring (bicyclic) bond motifs is 9. The fraction of sp³-hybridized carbons (Fsp3) is 0.476. The zero-order valence-corrected chi connectivity index (χ0v) is 17.1. The molecule has 3 aromatic rings. The van der Waals surface area contributed by atoms with E-state index in [0.29, 0.717) is 42.6 Å². The van der Waals surface area contributed by atoms with Gasteiger partial charge in [-0.05, 0) is 38.0 Å². The Hall–Kier alpha value is -2.82. The number of halogens is 1. The van der Waals surface area contributed by atoms with E-state index >= 15 is 0 Å². The molecule has 1 N–H and O–H groups in total. The highest BCUT2D eigenvalue weighted by molar-refractivity contribution is 5.84. The van der Waals surface area contributed by atoms with Crippen molar-refractivity contribution in [1.82, 2.24) is 19.5 Å². The highest BCUT2D eigenvalue weighted by Crippen LogP contribution is 2.47. The average Bonchev–Trinajstić information content (AvgIpc) is 3.31. The van der Waals surface area contributed by atoms with Crippen molar-refractivity contribution >= 4 is 17.0 Å². The SMILES string of the molecule is CC1(C)O[C@@H]2[C@H](O1)[C@H]1COc3nc4c(NCCc5ccc(F)cc5)ncnc4n3[C@@H]2O1. The van der Waals surface area contributed by atoms with Crippen LogP contribution in [0.2, 0.25) is 0 Å². The molecule has 3 aliphatic heterocycles. The molecule has 0 amide bonds. The molecule has 9 nitrogen and oxygen atoms in total. The average molecular weight is 427 g/mol. The molecule has 0 spiro atoms. The molecule has 4 atom stereocenters. The van der Waals surface area contributed by atoms with Crippen molar-refractivity contribution in [2.45, 2.75) is 50.6 Å². The second kappa shape index (κ2) is 6.84. The lowest BCUT2D eigenvalue weighted by molar-refractivity contribution is -0.195. The van der Waals surface area contributed by atoms with Crippen LogP contribution in [0.25, 0.3) is 11.2 Å². The number of benzene rings is 1. The molecule has 3 aliphatic rings. The number of nitrogens with one attached hydrogen (secondary N) is 1. The normalized spacial score (nSPS) is 28.1. The maximum atomic E-state index is 13.1. The molecule has 0 aliphatic carbocycles. The van der Waals surface area contributed by atoms with Crippen LogP contribution in [0.5, 0.6) is 6.01 Å². The van der Waals surface area contributed by atoms with Crippen LogP contribution in [0.15, 0.2) is 30.6 Å². The fourth-order valence-electron chi connectivity index (χ4n) is 4.48. The van der Waals surface area contributed by atoms with Gasteiger partial charge in [-0.15, -0.1) is 0 Å². The Bertz CT molecular complexity index is 1130. The maximum Gasteiger partial charge on any atom is 0.301 e. The number of nitrogens with zero attached hydrogens (tertiary/aromatic N) is 4. The van der Waals surface area contributed by atoms with E-state index in [1.54, 1.807) is 12.1 Å². The first-order chi connectivity index (χ1) is 15.0. The molecule has 162 valence electrons. The molecule has 2 bridgehead atoms. The van der Waals surface area contributed by atoms with Gasteiger partial charge in [0, 0.05) is 6.54 Å². The van der Waals surface area contributed by atoms with E-state index in [9.17, 15) is 4.39 Å². The Labute approximate surface area is 177 Å². The minimum atomic E-state index is -0.682. The summed E-state index contributed by atoms with van der Waals surface area (Å²) in [6, 6.07) is 6.89. The summed E-state index contributed by atoms with van der Waals surface area (Å²) in [5.74, 6) is -0.322. The van der Waals surface area contributed by atoms with Crippen LogP contribution in [0.4, 0.5) is 10.2 Å². The van der Waals surface area contributed by atoms with E-state index in [1.807, 2.05) is 18.4 Å². The Kier molecular flexibility index (Phi) is 4.17. The monoisotopic (exact) mass is 427 g/mol. The molecule has 0 radical (unpaired) electrons. The van der Waals surface area contributed by atoms with Gasteiger partial charge in [0.15, 0.2) is 29.0 Å². The van der Waals surface area contributed by atoms with Crippen molar-refractivity contribution in [3.63, 3.8) is 0 Å². The van der Waals surface area contributed by atoms with Crippen LogP contribution < -0.4 is 10.1 Å². The lowest BCUT2D eigenvalue weighted by Gasteiger charge is -2.22. The predicted molar refractivity (Wildman–Crippen MR) is 107 cm³/mol.